The second kappa shape index (κ2) is 10.6. The fraction of sp³-hybridized carbons (Fsp3) is 0.333. The number of phenols is 1. The van der Waals surface area contributed by atoms with E-state index >= 15 is 0 Å². The molecule has 8 nitrogen and oxygen atoms in total. The fourth-order valence-corrected chi connectivity index (χ4v) is 8.49. The number of para-hydroxylation sites is 1. The Balaban J connectivity index is 1.37. The standard InChI is InChI=1S/C36H33ClN2O6/c1-4-19-10-12-22(13-11-19)38-32(41)24-15-14-23-25(29(24)34(38)43)18-26-33(42)39(21-8-6-5-7-9-21)35(44)36(26,2)30(23)20-16-27(37)31(40)28(17-20)45-3/h5-14,16-17,24-26,29-30,40H,4,15,18H2,1-3H3. The zero-order valence-corrected chi connectivity index (χ0v) is 26.0. The lowest BCUT2D eigenvalue weighted by molar-refractivity contribution is -0.131. The van der Waals surface area contributed by atoms with Crippen molar-refractivity contribution >= 4 is 46.6 Å². The first-order valence-electron chi connectivity index (χ1n) is 15.3. The number of phenolic OH excluding ortho intramolecular Hbond substituents is 1. The van der Waals surface area contributed by atoms with Gasteiger partial charge in [-0.1, -0.05) is 60.5 Å². The van der Waals surface area contributed by atoms with Crippen LogP contribution in [0, 0.1) is 29.1 Å². The van der Waals surface area contributed by atoms with E-state index in [0.717, 1.165) is 17.6 Å². The van der Waals surface area contributed by atoms with Crippen molar-refractivity contribution < 1.29 is 29.0 Å². The summed E-state index contributed by atoms with van der Waals surface area (Å²) in [6, 6.07) is 19.6. The summed E-state index contributed by atoms with van der Waals surface area (Å²) in [7, 11) is 1.42. The monoisotopic (exact) mass is 624 g/mol. The molecule has 3 aromatic carbocycles. The summed E-state index contributed by atoms with van der Waals surface area (Å²) in [5.41, 5.74) is 2.31. The van der Waals surface area contributed by atoms with Crippen molar-refractivity contribution in [1.82, 2.24) is 0 Å². The molecule has 4 amide bonds. The van der Waals surface area contributed by atoms with Gasteiger partial charge in [0, 0.05) is 5.92 Å². The molecule has 1 N–H and O–H groups in total. The summed E-state index contributed by atoms with van der Waals surface area (Å²) in [6.45, 7) is 3.85. The number of aryl methyl sites for hydroxylation is 1. The maximum absolute atomic E-state index is 14.5. The number of aromatic hydroxyl groups is 1. The normalized spacial score (nSPS) is 29.0. The number of allylic oxidation sites excluding steroid dienone is 2. The van der Waals surface area contributed by atoms with Gasteiger partial charge in [0.25, 0.3) is 0 Å². The molecule has 7 rings (SSSR count). The van der Waals surface area contributed by atoms with Gasteiger partial charge in [-0.3, -0.25) is 24.1 Å². The third-order valence-electron chi connectivity index (χ3n) is 10.5. The average molecular weight is 625 g/mol. The minimum absolute atomic E-state index is 0.0476. The average Bonchev–Trinajstić information content (AvgIpc) is 3.42. The molecule has 3 aromatic rings. The number of nitrogens with zero attached hydrogens (tertiary/aromatic N) is 2. The number of halogens is 1. The molecule has 2 aliphatic carbocycles. The Labute approximate surface area is 266 Å². The number of ether oxygens (including phenoxy) is 1. The molecule has 6 atom stereocenters. The molecule has 9 heteroatoms. The third-order valence-corrected chi connectivity index (χ3v) is 10.8. The molecule has 2 heterocycles. The second-order valence-corrected chi connectivity index (χ2v) is 13.0. The van der Waals surface area contributed by atoms with Crippen molar-refractivity contribution in [3.63, 3.8) is 0 Å². The van der Waals surface area contributed by atoms with Crippen molar-refractivity contribution in [2.45, 2.75) is 39.0 Å². The highest BCUT2D eigenvalue weighted by atomic mass is 35.5. The Kier molecular flexibility index (Phi) is 6.89. The molecule has 2 saturated heterocycles. The first-order valence-corrected chi connectivity index (χ1v) is 15.7. The number of fused-ring (bicyclic) bond motifs is 4. The van der Waals surface area contributed by atoms with Crippen LogP contribution in [0.25, 0.3) is 0 Å². The maximum atomic E-state index is 14.5. The van der Waals surface area contributed by atoms with Crippen LogP contribution in [0.3, 0.4) is 0 Å². The molecule has 3 fully saturated rings. The molecule has 1 saturated carbocycles. The Morgan fingerprint density at radius 3 is 2.27 bits per heavy atom. The molecule has 6 unspecified atom stereocenters. The predicted octanol–water partition coefficient (Wildman–Crippen LogP) is 6.05. The van der Waals surface area contributed by atoms with Crippen molar-refractivity contribution in [1.29, 1.82) is 0 Å². The summed E-state index contributed by atoms with van der Waals surface area (Å²) < 4.78 is 5.43. The van der Waals surface area contributed by atoms with Gasteiger partial charge in [-0.05, 0) is 79.6 Å². The highest BCUT2D eigenvalue weighted by Crippen LogP contribution is 2.64. The zero-order valence-electron chi connectivity index (χ0n) is 25.2. The van der Waals surface area contributed by atoms with Crippen LogP contribution in [-0.2, 0) is 25.6 Å². The van der Waals surface area contributed by atoms with Gasteiger partial charge in [0.05, 0.1) is 46.7 Å². The summed E-state index contributed by atoms with van der Waals surface area (Å²) in [5, 5.41) is 10.6. The lowest BCUT2D eigenvalue weighted by Gasteiger charge is -2.49. The number of carbonyl (C=O) groups is 4. The molecule has 230 valence electrons. The van der Waals surface area contributed by atoms with Gasteiger partial charge in [-0.15, -0.1) is 0 Å². The van der Waals surface area contributed by atoms with Crippen LogP contribution < -0.4 is 14.5 Å². The van der Waals surface area contributed by atoms with E-state index < -0.39 is 35.0 Å². The zero-order chi connectivity index (χ0) is 31.8. The van der Waals surface area contributed by atoms with Crippen LogP contribution in [-0.4, -0.2) is 35.8 Å². The van der Waals surface area contributed by atoms with Crippen LogP contribution in [0.15, 0.2) is 78.4 Å². The molecule has 4 aliphatic rings. The van der Waals surface area contributed by atoms with Gasteiger partial charge in [-0.25, -0.2) is 4.90 Å². The fourth-order valence-electron chi connectivity index (χ4n) is 8.27. The van der Waals surface area contributed by atoms with Crippen molar-refractivity contribution in [2.75, 3.05) is 16.9 Å². The summed E-state index contributed by atoms with van der Waals surface area (Å²) in [5.74, 6) is -4.45. The Bertz CT molecular complexity index is 1790. The van der Waals surface area contributed by atoms with E-state index in [9.17, 15) is 24.3 Å². The number of hydrogen-bond donors (Lipinski definition) is 1. The molecule has 0 aromatic heterocycles. The van der Waals surface area contributed by atoms with Crippen LogP contribution in [0.5, 0.6) is 11.5 Å². The number of methoxy groups -OCH3 is 1. The van der Waals surface area contributed by atoms with Gasteiger partial charge in [0.1, 0.15) is 0 Å². The van der Waals surface area contributed by atoms with E-state index in [0.29, 0.717) is 23.4 Å². The van der Waals surface area contributed by atoms with Gasteiger partial charge in [0.2, 0.25) is 23.6 Å². The minimum Gasteiger partial charge on any atom is -0.503 e. The molecule has 0 radical (unpaired) electrons. The summed E-state index contributed by atoms with van der Waals surface area (Å²) >= 11 is 6.49. The predicted molar refractivity (Wildman–Crippen MR) is 169 cm³/mol. The van der Waals surface area contributed by atoms with Crippen LogP contribution in [0.4, 0.5) is 11.4 Å². The molecular formula is C36H33ClN2O6. The van der Waals surface area contributed by atoms with Crippen LogP contribution in [0.1, 0.15) is 43.7 Å². The molecule has 2 aliphatic heterocycles. The Morgan fingerprint density at radius 1 is 0.911 bits per heavy atom. The summed E-state index contributed by atoms with van der Waals surface area (Å²) in [4.78, 5) is 59.4. The third kappa shape index (κ3) is 4.11. The smallest absolute Gasteiger partial charge is 0.241 e. The summed E-state index contributed by atoms with van der Waals surface area (Å²) in [6.07, 6.45) is 3.40. The Morgan fingerprint density at radius 2 is 1.60 bits per heavy atom. The number of hydrogen-bond acceptors (Lipinski definition) is 6. The van der Waals surface area contributed by atoms with Crippen molar-refractivity contribution in [2.24, 2.45) is 29.1 Å². The first kappa shape index (κ1) is 29.3. The highest BCUT2D eigenvalue weighted by Gasteiger charge is 2.67. The lowest BCUT2D eigenvalue weighted by atomic mass is 9.51. The number of anilines is 2. The number of amides is 4. The SMILES string of the molecule is CCc1ccc(N2C(=O)C3CC=C4C(CC5C(=O)N(c6ccccc6)C(=O)C5(C)C4c4cc(Cl)c(O)c(OC)c4)C3C2=O)cc1. The van der Waals surface area contributed by atoms with E-state index in [2.05, 4.69) is 0 Å². The van der Waals surface area contributed by atoms with Crippen molar-refractivity contribution in [3.05, 3.63) is 94.5 Å². The van der Waals surface area contributed by atoms with E-state index in [1.807, 2.05) is 50.3 Å². The van der Waals surface area contributed by atoms with Gasteiger partial charge >= 0.3 is 0 Å². The van der Waals surface area contributed by atoms with Crippen LogP contribution in [0.2, 0.25) is 5.02 Å². The minimum atomic E-state index is -1.23. The quantitative estimate of drug-likeness (QED) is 0.274. The highest BCUT2D eigenvalue weighted by molar-refractivity contribution is 6.32. The van der Waals surface area contributed by atoms with E-state index in [-0.39, 0.29) is 46.6 Å². The molecule has 0 spiro atoms. The topological polar surface area (TPSA) is 104 Å². The largest absolute Gasteiger partial charge is 0.503 e. The molecule has 0 bridgehead atoms. The molecule has 45 heavy (non-hydrogen) atoms. The molecular weight excluding hydrogens is 592 g/mol. The maximum Gasteiger partial charge on any atom is 0.241 e. The van der Waals surface area contributed by atoms with E-state index in [4.69, 9.17) is 16.3 Å². The number of carbonyl (C=O) groups excluding carboxylic acids is 4. The van der Waals surface area contributed by atoms with Gasteiger partial charge in [-0.2, -0.15) is 0 Å². The van der Waals surface area contributed by atoms with Crippen molar-refractivity contribution in [3.8, 4) is 11.5 Å². The number of benzene rings is 3. The number of rotatable bonds is 5. The second-order valence-electron chi connectivity index (χ2n) is 12.6. The lowest BCUT2D eigenvalue weighted by Crippen LogP contribution is -2.48. The van der Waals surface area contributed by atoms with E-state index in [1.165, 1.54) is 16.9 Å². The van der Waals surface area contributed by atoms with Crippen LogP contribution >= 0.6 is 11.6 Å². The van der Waals surface area contributed by atoms with Gasteiger partial charge < -0.3 is 9.84 Å². The van der Waals surface area contributed by atoms with Gasteiger partial charge in [0.15, 0.2) is 11.5 Å². The van der Waals surface area contributed by atoms with E-state index in [1.54, 1.807) is 36.4 Å². The first-order chi connectivity index (χ1) is 21.6. The number of imide groups is 2. The Hall–Kier alpha value is -4.43.